The summed E-state index contributed by atoms with van der Waals surface area (Å²) in [5.74, 6) is 0.496. The second-order valence-corrected chi connectivity index (χ2v) is 8.58. The number of hydrogen-bond acceptors (Lipinski definition) is 7. The van der Waals surface area contributed by atoms with Crippen molar-refractivity contribution in [3.05, 3.63) is 54.0 Å². The molecular weight excluding hydrogens is 396 g/mol. The summed E-state index contributed by atoms with van der Waals surface area (Å²) >= 11 is 1.69. The van der Waals surface area contributed by atoms with Crippen LogP contribution in [0.25, 0.3) is 20.8 Å². The number of rotatable bonds is 5. The van der Waals surface area contributed by atoms with Crippen molar-refractivity contribution in [1.29, 1.82) is 0 Å². The van der Waals surface area contributed by atoms with Crippen molar-refractivity contribution >= 4 is 33.1 Å². The molecule has 30 heavy (non-hydrogen) atoms. The van der Waals surface area contributed by atoms with Gasteiger partial charge in [0.1, 0.15) is 5.82 Å². The van der Waals surface area contributed by atoms with E-state index in [2.05, 4.69) is 26.4 Å². The first kappa shape index (κ1) is 19.0. The summed E-state index contributed by atoms with van der Waals surface area (Å²) in [5, 5.41) is 8.03. The summed E-state index contributed by atoms with van der Waals surface area (Å²) in [4.78, 5) is 10.2. The molecule has 7 nitrogen and oxygen atoms in total. The normalized spacial score (nSPS) is 16.8. The van der Waals surface area contributed by atoms with Crippen molar-refractivity contribution < 1.29 is 4.74 Å². The molecular formula is C22H24N6OS. The fraction of sp³-hybridized carbons (Fsp3) is 0.318. The van der Waals surface area contributed by atoms with E-state index in [0.717, 1.165) is 63.7 Å². The highest BCUT2D eigenvalue weighted by molar-refractivity contribution is 7.22. The molecule has 3 N–H and O–H groups in total. The summed E-state index contributed by atoms with van der Waals surface area (Å²) in [6.45, 7) is 3.41. The van der Waals surface area contributed by atoms with Crippen LogP contribution in [0.15, 0.2) is 42.6 Å². The van der Waals surface area contributed by atoms with Crippen LogP contribution < -0.4 is 11.1 Å². The third kappa shape index (κ3) is 3.76. The zero-order valence-electron chi connectivity index (χ0n) is 16.8. The standard InChI is InChI=1S/C22H24N6OS/c1-14-5-4-6-15(26-14)13-24-16-12-20(23)27-17-11-19(30-22(16)17)18-8-9-25-28(18)21-7-2-3-10-29-21/h4-6,8-9,11-12,21H,2-3,7,10,13H2,1H3,(H3,23,24,27). The number of thiophene rings is 1. The first-order chi connectivity index (χ1) is 14.7. The quantitative estimate of drug-likeness (QED) is 0.484. The van der Waals surface area contributed by atoms with E-state index in [1.54, 1.807) is 11.3 Å². The van der Waals surface area contributed by atoms with Gasteiger partial charge < -0.3 is 15.8 Å². The highest BCUT2D eigenvalue weighted by Crippen LogP contribution is 2.39. The first-order valence-electron chi connectivity index (χ1n) is 10.2. The Bertz CT molecular complexity index is 1180. The topological polar surface area (TPSA) is 90.9 Å². The first-order valence-corrected chi connectivity index (χ1v) is 11.0. The third-order valence-electron chi connectivity index (χ3n) is 5.26. The minimum Gasteiger partial charge on any atom is -0.384 e. The molecule has 1 saturated heterocycles. The molecule has 1 aliphatic rings. The molecule has 1 atom stereocenters. The van der Waals surface area contributed by atoms with E-state index in [1.165, 1.54) is 0 Å². The molecule has 5 heterocycles. The van der Waals surface area contributed by atoms with Crippen LogP contribution in [0.1, 0.15) is 36.9 Å². The number of pyridine rings is 2. The summed E-state index contributed by atoms with van der Waals surface area (Å²) in [6.07, 6.45) is 5.10. The van der Waals surface area contributed by atoms with Crippen LogP contribution in [0, 0.1) is 6.92 Å². The van der Waals surface area contributed by atoms with Crippen LogP contribution in [0.2, 0.25) is 0 Å². The molecule has 8 heteroatoms. The van der Waals surface area contributed by atoms with Crippen LogP contribution in [0.4, 0.5) is 11.5 Å². The Hall–Kier alpha value is -2.97. The summed E-state index contributed by atoms with van der Waals surface area (Å²) < 4.78 is 9.02. The molecule has 0 aliphatic carbocycles. The molecule has 154 valence electrons. The maximum atomic E-state index is 6.09. The highest BCUT2D eigenvalue weighted by Gasteiger charge is 2.21. The van der Waals surface area contributed by atoms with Gasteiger partial charge in [0.05, 0.1) is 38.7 Å². The minimum absolute atomic E-state index is 0.00280. The van der Waals surface area contributed by atoms with Crippen molar-refractivity contribution in [1.82, 2.24) is 19.7 Å². The number of anilines is 2. The second-order valence-electron chi connectivity index (χ2n) is 7.53. The Morgan fingerprint density at radius 3 is 3.00 bits per heavy atom. The van der Waals surface area contributed by atoms with Crippen LogP contribution in [-0.4, -0.2) is 26.4 Å². The van der Waals surface area contributed by atoms with Gasteiger partial charge in [0.25, 0.3) is 0 Å². The number of fused-ring (bicyclic) bond motifs is 1. The molecule has 4 aromatic rings. The number of hydrogen-bond donors (Lipinski definition) is 2. The van der Waals surface area contributed by atoms with Gasteiger partial charge in [-0.3, -0.25) is 4.98 Å². The number of nitrogen functional groups attached to an aromatic ring is 1. The van der Waals surface area contributed by atoms with Crippen LogP contribution in [-0.2, 0) is 11.3 Å². The average Bonchev–Trinajstić information content (AvgIpc) is 3.39. The minimum atomic E-state index is -0.00280. The van der Waals surface area contributed by atoms with Crippen LogP contribution in [0.5, 0.6) is 0 Å². The lowest BCUT2D eigenvalue weighted by atomic mass is 10.2. The molecule has 4 aromatic heterocycles. The molecule has 0 saturated carbocycles. The maximum Gasteiger partial charge on any atom is 0.150 e. The predicted molar refractivity (Wildman–Crippen MR) is 120 cm³/mol. The molecule has 0 amide bonds. The zero-order valence-corrected chi connectivity index (χ0v) is 17.7. The molecule has 1 fully saturated rings. The second kappa shape index (κ2) is 8.04. The molecule has 1 unspecified atom stereocenters. The van der Waals surface area contributed by atoms with Crippen molar-refractivity contribution in [3.8, 4) is 10.6 Å². The number of ether oxygens (including phenoxy) is 1. The van der Waals surface area contributed by atoms with Gasteiger partial charge in [0.2, 0.25) is 0 Å². The van der Waals surface area contributed by atoms with E-state index in [9.17, 15) is 0 Å². The zero-order chi connectivity index (χ0) is 20.5. The lowest BCUT2D eigenvalue weighted by Crippen LogP contribution is -2.19. The Balaban J connectivity index is 1.48. The lowest BCUT2D eigenvalue weighted by molar-refractivity contribution is -0.0383. The fourth-order valence-corrected chi connectivity index (χ4v) is 4.95. The Labute approximate surface area is 178 Å². The van der Waals surface area contributed by atoms with Gasteiger partial charge in [0, 0.05) is 24.6 Å². The Morgan fingerprint density at radius 2 is 2.17 bits per heavy atom. The molecule has 0 spiro atoms. The van der Waals surface area contributed by atoms with Crippen molar-refractivity contribution in [2.75, 3.05) is 17.7 Å². The van der Waals surface area contributed by atoms with Gasteiger partial charge in [-0.25, -0.2) is 9.67 Å². The van der Waals surface area contributed by atoms with Crippen molar-refractivity contribution in [2.24, 2.45) is 0 Å². The van der Waals surface area contributed by atoms with E-state index >= 15 is 0 Å². The largest absolute Gasteiger partial charge is 0.384 e. The van der Waals surface area contributed by atoms with Gasteiger partial charge in [-0.05, 0) is 50.5 Å². The van der Waals surface area contributed by atoms with Crippen LogP contribution >= 0.6 is 11.3 Å². The van der Waals surface area contributed by atoms with Gasteiger partial charge in [-0.2, -0.15) is 5.10 Å². The number of nitrogens with zero attached hydrogens (tertiary/aromatic N) is 4. The van der Waals surface area contributed by atoms with Crippen molar-refractivity contribution in [2.45, 2.75) is 39.0 Å². The summed E-state index contributed by atoms with van der Waals surface area (Å²) in [6, 6.07) is 12.0. The van der Waals surface area contributed by atoms with E-state index < -0.39 is 0 Å². The number of nitrogens with one attached hydrogen (secondary N) is 1. The lowest BCUT2D eigenvalue weighted by Gasteiger charge is -2.24. The van der Waals surface area contributed by atoms with Crippen molar-refractivity contribution in [3.63, 3.8) is 0 Å². The summed E-state index contributed by atoms with van der Waals surface area (Å²) in [5.41, 5.74) is 11.0. The SMILES string of the molecule is Cc1cccc(CNc2cc(N)nc3cc(-c4ccnn4C4CCCCO4)sc23)n1. The van der Waals surface area contributed by atoms with Gasteiger partial charge in [-0.1, -0.05) is 6.07 Å². The average molecular weight is 421 g/mol. The fourth-order valence-electron chi connectivity index (χ4n) is 3.84. The predicted octanol–water partition coefficient (Wildman–Crippen LogP) is 4.76. The van der Waals surface area contributed by atoms with Gasteiger partial charge in [-0.15, -0.1) is 11.3 Å². The molecule has 1 aliphatic heterocycles. The molecule has 0 bridgehead atoms. The smallest absolute Gasteiger partial charge is 0.150 e. The highest BCUT2D eigenvalue weighted by atomic mass is 32.1. The number of aromatic nitrogens is 4. The van der Waals surface area contributed by atoms with Crippen LogP contribution in [0.3, 0.4) is 0 Å². The molecule has 0 radical (unpaired) electrons. The maximum absolute atomic E-state index is 6.09. The Morgan fingerprint density at radius 1 is 1.23 bits per heavy atom. The monoisotopic (exact) mass is 420 g/mol. The van der Waals surface area contributed by atoms with Gasteiger partial charge in [0.15, 0.2) is 6.23 Å². The van der Waals surface area contributed by atoms with E-state index in [0.29, 0.717) is 12.4 Å². The van der Waals surface area contributed by atoms with E-state index in [1.807, 2.05) is 48.1 Å². The molecule has 0 aromatic carbocycles. The third-order valence-corrected chi connectivity index (χ3v) is 6.44. The van der Waals surface area contributed by atoms with E-state index in [-0.39, 0.29) is 6.23 Å². The summed E-state index contributed by atoms with van der Waals surface area (Å²) in [7, 11) is 0. The molecule has 5 rings (SSSR count). The van der Waals surface area contributed by atoms with Gasteiger partial charge >= 0.3 is 0 Å². The number of aryl methyl sites for hydroxylation is 1. The van der Waals surface area contributed by atoms with E-state index in [4.69, 9.17) is 10.5 Å². The number of nitrogens with two attached hydrogens (primary N) is 1. The Kier molecular flexibility index (Phi) is 5.10.